The van der Waals surface area contributed by atoms with Gasteiger partial charge in [-0.3, -0.25) is 0 Å². The monoisotopic (exact) mass is 233 g/mol. The van der Waals surface area contributed by atoms with Crippen molar-refractivity contribution >= 4 is 0 Å². The van der Waals surface area contributed by atoms with Crippen LogP contribution in [0.1, 0.15) is 44.3 Å². The van der Waals surface area contributed by atoms with Crippen molar-refractivity contribution in [1.82, 2.24) is 4.90 Å². The molecule has 0 spiro atoms. The highest BCUT2D eigenvalue weighted by Crippen LogP contribution is 2.28. The predicted octanol–water partition coefficient (Wildman–Crippen LogP) is 2.98. The molecule has 0 heterocycles. The fraction of sp³-hybridized carbons (Fsp3) is 0.600. The predicted molar refractivity (Wildman–Crippen MR) is 70.9 cm³/mol. The van der Waals surface area contributed by atoms with Crippen LogP contribution in [0.15, 0.2) is 30.3 Å². The Morgan fingerprint density at radius 2 is 1.94 bits per heavy atom. The molecule has 0 bridgehead atoms. The largest absolute Gasteiger partial charge is 0.388 e. The maximum absolute atomic E-state index is 10.1. The van der Waals surface area contributed by atoms with E-state index in [4.69, 9.17) is 0 Å². The van der Waals surface area contributed by atoms with E-state index in [2.05, 4.69) is 11.8 Å². The number of hydrogen-bond donors (Lipinski definition) is 1. The topological polar surface area (TPSA) is 23.5 Å². The van der Waals surface area contributed by atoms with Gasteiger partial charge in [-0.15, -0.1) is 0 Å². The van der Waals surface area contributed by atoms with Gasteiger partial charge in [0.05, 0.1) is 6.10 Å². The lowest BCUT2D eigenvalue weighted by Gasteiger charge is -2.22. The molecular formula is C15H23NO. The van der Waals surface area contributed by atoms with Crippen LogP contribution >= 0.6 is 0 Å². The van der Waals surface area contributed by atoms with Crippen molar-refractivity contribution in [3.8, 4) is 0 Å². The van der Waals surface area contributed by atoms with Crippen LogP contribution in [0.4, 0.5) is 0 Å². The Morgan fingerprint density at radius 1 is 1.24 bits per heavy atom. The van der Waals surface area contributed by atoms with Crippen molar-refractivity contribution in [2.75, 3.05) is 13.1 Å². The molecule has 1 aromatic rings. The molecule has 1 N–H and O–H groups in total. The Bertz CT molecular complexity index is 321. The third-order valence-corrected chi connectivity index (χ3v) is 3.45. The quantitative estimate of drug-likeness (QED) is 0.782. The molecule has 1 unspecified atom stereocenters. The van der Waals surface area contributed by atoms with E-state index in [1.54, 1.807) is 0 Å². The number of nitrogens with zero attached hydrogens (tertiary/aromatic N) is 1. The molecule has 0 radical (unpaired) electrons. The Kier molecular flexibility index (Phi) is 4.57. The summed E-state index contributed by atoms with van der Waals surface area (Å²) in [5.74, 6) is 0. The molecule has 0 aliphatic heterocycles. The Labute approximate surface area is 104 Å². The minimum absolute atomic E-state index is 0.311. The fourth-order valence-electron chi connectivity index (χ4n) is 2.33. The molecule has 1 saturated carbocycles. The highest BCUT2D eigenvalue weighted by Gasteiger charge is 2.28. The van der Waals surface area contributed by atoms with Gasteiger partial charge in [-0.25, -0.2) is 0 Å². The van der Waals surface area contributed by atoms with Gasteiger partial charge in [0.15, 0.2) is 0 Å². The van der Waals surface area contributed by atoms with Crippen LogP contribution in [0.25, 0.3) is 0 Å². The third-order valence-electron chi connectivity index (χ3n) is 3.45. The Morgan fingerprint density at radius 3 is 2.53 bits per heavy atom. The van der Waals surface area contributed by atoms with Gasteiger partial charge in [-0.1, -0.05) is 37.3 Å². The highest BCUT2D eigenvalue weighted by atomic mass is 16.3. The van der Waals surface area contributed by atoms with Crippen LogP contribution in [0.5, 0.6) is 0 Å². The van der Waals surface area contributed by atoms with Crippen LogP contribution in [-0.2, 0) is 0 Å². The first-order valence-electron chi connectivity index (χ1n) is 6.78. The van der Waals surface area contributed by atoms with Crippen LogP contribution in [0.3, 0.4) is 0 Å². The molecule has 2 nitrogen and oxygen atoms in total. The summed E-state index contributed by atoms with van der Waals surface area (Å²) < 4.78 is 0. The first-order chi connectivity index (χ1) is 8.31. The van der Waals surface area contributed by atoms with E-state index in [0.717, 1.165) is 24.6 Å². The minimum atomic E-state index is -0.311. The Hall–Kier alpha value is -0.860. The normalized spacial score (nSPS) is 17.4. The standard InChI is InChI=1S/C15H23NO/c1-2-11-16(14-8-9-14)12-10-15(17)13-6-4-3-5-7-13/h3-7,14-15,17H,2,8-12H2,1H3. The minimum Gasteiger partial charge on any atom is -0.388 e. The summed E-state index contributed by atoms with van der Waals surface area (Å²) in [6.45, 7) is 4.42. The second-order valence-electron chi connectivity index (χ2n) is 4.98. The average molecular weight is 233 g/mol. The summed E-state index contributed by atoms with van der Waals surface area (Å²) in [4.78, 5) is 2.53. The fourth-order valence-corrected chi connectivity index (χ4v) is 2.33. The molecule has 1 aromatic carbocycles. The SMILES string of the molecule is CCCN(CCC(O)c1ccccc1)C1CC1. The van der Waals surface area contributed by atoms with Gasteiger partial charge >= 0.3 is 0 Å². The summed E-state index contributed by atoms with van der Waals surface area (Å²) >= 11 is 0. The van der Waals surface area contributed by atoms with Gasteiger partial charge in [-0.2, -0.15) is 0 Å². The van der Waals surface area contributed by atoms with Crippen molar-refractivity contribution in [3.63, 3.8) is 0 Å². The maximum atomic E-state index is 10.1. The summed E-state index contributed by atoms with van der Waals surface area (Å²) in [5, 5.41) is 10.1. The second kappa shape index (κ2) is 6.18. The van der Waals surface area contributed by atoms with Gasteiger partial charge in [0.25, 0.3) is 0 Å². The molecule has 1 aliphatic carbocycles. The molecule has 1 fully saturated rings. The Balaban J connectivity index is 1.80. The lowest BCUT2D eigenvalue weighted by molar-refractivity contribution is 0.139. The zero-order chi connectivity index (χ0) is 12.1. The molecule has 2 heteroatoms. The smallest absolute Gasteiger partial charge is 0.0802 e. The molecule has 0 aromatic heterocycles. The number of hydrogen-bond acceptors (Lipinski definition) is 2. The van der Waals surface area contributed by atoms with Crippen molar-refractivity contribution < 1.29 is 5.11 Å². The average Bonchev–Trinajstić information content (AvgIpc) is 3.19. The van der Waals surface area contributed by atoms with Gasteiger partial charge in [-0.05, 0) is 37.8 Å². The summed E-state index contributed by atoms with van der Waals surface area (Å²) in [6.07, 6.45) is 4.44. The van der Waals surface area contributed by atoms with Crippen molar-refractivity contribution in [1.29, 1.82) is 0 Å². The molecule has 94 valence electrons. The van der Waals surface area contributed by atoms with Gasteiger partial charge in [0.1, 0.15) is 0 Å². The van der Waals surface area contributed by atoms with E-state index in [1.807, 2.05) is 30.3 Å². The molecule has 17 heavy (non-hydrogen) atoms. The van der Waals surface area contributed by atoms with Gasteiger partial charge in [0, 0.05) is 12.6 Å². The third kappa shape index (κ3) is 3.83. The lowest BCUT2D eigenvalue weighted by Crippen LogP contribution is -2.29. The number of aliphatic hydroxyl groups excluding tert-OH is 1. The van der Waals surface area contributed by atoms with Crippen molar-refractivity contribution in [3.05, 3.63) is 35.9 Å². The molecule has 0 saturated heterocycles. The van der Waals surface area contributed by atoms with Crippen LogP contribution < -0.4 is 0 Å². The zero-order valence-electron chi connectivity index (χ0n) is 10.7. The molecule has 1 aliphatic rings. The first-order valence-corrected chi connectivity index (χ1v) is 6.78. The van der Waals surface area contributed by atoms with Crippen LogP contribution in [-0.4, -0.2) is 29.1 Å². The molecule has 2 rings (SSSR count). The number of benzene rings is 1. The van der Waals surface area contributed by atoms with Crippen molar-refractivity contribution in [2.45, 2.75) is 44.8 Å². The van der Waals surface area contributed by atoms with E-state index in [9.17, 15) is 5.11 Å². The summed E-state index contributed by atoms with van der Waals surface area (Å²) in [6, 6.07) is 10.8. The van der Waals surface area contributed by atoms with E-state index in [1.165, 1.54) is 25.8 Å². The summed E-state index contributed by atoms with van der Waals surface area (Å²) in [5.41, 5.74) is 1.04. The maximum Gasteiger partial charge on any atom is 0.0802 e. The first kappa shape index (κ1) is 12.6. The van der Waals surface area contributed by atoms with Gasteiger partial charge < -0.3 is 10.0 Å². The number of rotatable bonds is 7. The molecule has 0 amide bonds. The van der Waals surface area contributed by atoms with E-state index >= 15 is 0 Å². The lowest BCUT2D eigenvalue weighted by atomic mass is 10.1. The van der Waals surface area contributed by atoms with Crippen LogP contribution in [0, 0.1) is 0 Å². The van der Waals surface area contributed by atoms with E-state index in [0.29, 0.717) is 0 Å². The molecular weight excluding hydrogens is 210 g/mol. The van der Waals surface area contributed by atoms with Crippen molar-refractivity contribution in [2.24, 2.45) is 0 Å². The van der Waals surface area contributed by atoms with E-state index in [-0.39, 0.29) is 6.10 Å². The zero-order valence-corrected chi connectivity index (χ0v) is 10.7. The highest BCUT2D eigenvalue weighted by molar-refractivity contribution is 5.17. The number of aliphatic hydroxyl groups is 1. The van der Waals surface area contributed by atoms with Crippen LogP contribution in [0.2, 0.25) is 0 Å². The van der Waals surface area contributed by atoms with Gasteiger partial charge in [0.2, 0.25) is 0 Å². The second-order valence-corrected chi connectivity index (χ2v) is 4.98. The summed E-state index contributed by atoms with van der Waals surface area (Å²) in [7, 11) is 0. The molecule has 1 atom stereocenters. The van der Waals surface area contributed by atoms with E-state index < -0.39 is 0 Å².